The Kier molecular flexibility index (Phi) is 9.49. The first-order valence-corrected chi connectivity index (χ1v) is 18.4. The maximum Gasteiger partial charge on any atom is 0.251 e. The number of halogens is 2. The number of nitrogens with one attached hydrogen (secondary N) is 2. The summed E-state index contributed by atoms with van der Waals surface area (Å²) in [6.07, 6.45) is 5.13. The van der Waals surface area contributed by atoms with Crippen molar-refractivity contribution in [2.24, 2.45) is 0 Å². The highest BCUT2D eigenvalue weighted by molar-refractivity contribution is 6.31. The molecule has 5 heterocycles. The molecule has 0 aliphatic carbocycles. The zero-order chi connectivity index (χ0) is 35.8. The molecule has 2 N–H and O–H groups in total. The van der Waals surface area contributed by atoms with E-state index >= 15 is 0 Å². The van der Waals surface area contributed by atoms with Crippen molar-refractivity contribution in [3.8, 4) is 22.5 Å². The maximum absolute atomic E-state index is 13.0. The molecular weight excluding hydrogens is 693 g/mol. The molecule has 0 saturated carbocycles. The fraction of sp³-hybridized carbons (Fsp3) is 0.244. The van der Waals surface area contributed by atoms with Gasteiger partial charge in [-0.3, -0.25) is 4.79 Å². The van der Waals surface area contributed by atoms with E-state index in [2.05, 4.69) is 57.5 Å². The van der Waals surface area contributed by atoms with E-state index in [0.29, 0.717) is 48.5 Å². The van der Waals surface area contributed by atoms with E-state index in [0.717, 1.165) is 69.0 Å². The highest BCUT2D eigenvalue weighted by atomic mass is 35.5. The quantitative estimate of drug-likeness (QED) is 0.154. The first-order chi connectivity index (χ1) is 25.4. The molecule has 2 aliphatic rings. The lowest BCUT2D eigenvalue weighted by Crippen LogP contribution is -2.51. The number of aromatic amines is 1. The van der Waals surface area contributed by atoms with Crippen molar-refractivity contribution in [3.05, 3.63) is 125 Å². The van der Waals surface area contributed by atoms with Gasteiger partial charge in [0.15, 0.2) is 5.82 Å². The Morgan fingerprint density at radius 1 is 0.962 bits per heavy atom. The number of carbonyl (C=O) groups is 1. The minimum absolute atomic E-state index is 0.0701. The van der Waals surface area contributed by atoms with Gasteiger partial charge in [-0.1, -0.05) is 78.3 Å². The third kappa shape index (κ3) is 6.56. The Morgan fingerprint density at radius 3 is 2.48 bits per heavy atom. The molecule has 3 aromatic heterocycles. The molecule has 1 unspecified atom stereocenters. The van der Waals surface area contributed by atoms with Crippen LogP contribution in [-0.2, 0) is 9.53 Å². The number of carbonyl (C=O) groups excluding carboxylic acids is 1. The zero-order valence-corrected chi connectivity index (χ0v) is 30.4. The Bertz CT molecular complexity index is 2240. The zero-order valence-electron chi connectivity index (χ0n) is 28.9. The van der Waals surface area contributed by atoms with Crippen LogP contribution in [0.1, 0.15) is 37.1 Å². The number of anilines is 2. The maximum atomic E-state index is 13.0. The number of amides is 1. The monoisotopic (exact) mass is 731 g/mol. The molecule has 3 aromatic carbocycles. The fourth-order valence-corrected chi connectivity index (χ4v) is 7.64. The topological polar surface area (TPSA) is 91.3 Å². The Morgan fingerprint density at radius 2 is 1.73 bits per heavy atom. The summed E-state index contributed by atoms with van der Waals surface area (Å²) in [4.78, 5) is 30.6. The second-order valence-electron chi connectivity index (χ2n) is 13.3. The van der Waals surface area contributed by atoms with Crippen molar-refractivity contribution in [2.45, 2.75) is 31.9 Å². The summed E-state index contributed by atoms with van der Waals surface area (Å²) in [6.45, 7) is 9.96. The van der Waals surface area contributed by atoms with Gasteiger partial charge in [-0.2, -0.15) is 0 Å². The second kappa shape index (κ2) is 14.5. The molecule has 11 heteroatoms. The van der Waals surface area contributed by atoms with Gasteiger partial charge >= 0.3 is 0 Å². The van der Waals surface area contributed by atoms with E-state index in [-0.39, 0.29) is 18.1 Å². The number of benzene rings is 3. The molecule has 2 aliphatic heterocycles. The Balaban J connectivity index is 1.17. The van der Waals surface area contributed by atoms with Crippen LogP contribution in [0.25, 0.3) is 39.1 Å². The SMILES string of the molecule is C=C(Nc1cccnc1N1CCN(C(=O)C2CCCO2)CC1)c1[nH]c2cc(Cl)ccc2c1-c1c(-c2ccccc2)ncn1[C@@H](C)c1ccc(Cl)cc1. The summed E-state index contributed by atoms with van der Waals surface area (Å²) in [6, 6.07) is 27.9. The van der Waals surface area contributed by atoms with E-state index in [1.54, 1.807) is 6.20 Å². The molecule has 2 saturated heterocycles. The lowest BCUT2D eigenvalue weighted by Gasteiger charge is -2.37. The normalized spacial score (nSPS) is 16.7. The number of nitrogens with zero attached hydrogens (tertiary/aromatic N) is 5. The van der Waals surface area contributed by atoms with Crippen molar-refractivity contribution in [1.82, 2.24) is 24.4 Å². The van der Waals surface area contributed by atoms with E-state index in [1.165, 1.54) is 0 Å². The number of pyridine rings is 1. The largest absolute Gasteiger partial charge is 0.368 e. The first-order valence-electron chi connectivity index (χ1n) is 17.6. The summed E-state index contributed by atoms with van der Waals surface area (Å²) >= 11 is 12.8. The predicted molar refractivity (Wildman–Crippen MR) is 210 cm³/mol. The second-order valence-corrected chi connectivity index (χ2v) is 14.2. The minimum atomic E-state index is -0.310. The molecule has 2 atom stereocenters. The number of imidazole rings is 1. The van der Waals surface area contributed by atoms with Crippen molar-refractivity contribution in [2.75, 3.05) is 43.0 Å². The van der Waals surface area contributed by atoms with Gasteiger partial charge in [0.05, 0.1) is 40.8 Å². The summed E-state index contributed by atoms with van der Waals surface area (Å²) in [5.41, 5.74) is 8.01. The van der Waals surface area contributed by atoms with Gasteiger partial charge in [-0.05, 0) is 61.7 Å². The van der Waals surface area contributed by atoms with Gasteiger partial charge in [-0.15, -0.1) is 0 Å². The molecule has 1 amide bonds. The number of hydrogen-bond donors (Lipinski definition) is 2. The van der Waals surface area contributed by atoms with Crippen LogP contribution in [0.15, 0.2) is 104 Å². The molecule has 8 rings (SSSR count). The van der Waals surface area contributed by atoms with E-state index in [4.69, 9.17) is 37.9 Å². The van der Waals surface area contributed by atoms with Gasteiger partial charge in [0, 0.05) is 71.1 Å². The summed E-state index contributed by atoms with van der Waals surface area (Å²) in [5, 5.41) is 5.92. The lowest BCUT2D eigenvalue weighted by molar-refractivity contribution is -0.141. The van der Waals surface area contributed by atoms with Gasteiger partial charge < -0.3 is 29.4 Å². The Hall–Kier alpha value is -5.09. The van der Waals surface area contributed by atoms with Gasteiger partial charge in [0.2, 0.25) is 0 Å². The number of piperazine rings is 1. The van der Waals surface area contributed by atoms with Crippen molar-refractivity contribution < 1.29 is 9.53 Å². The molecule has 0 spiro atoms. The van der Waals surface area contributed by atoms with Gasteiger partial charge in [0.1, 0.15) is 6.10 Å². The van der Waals surface area contributed by atoms with Crippen LogP contribution in [0.3, 0.4) is 0 Å². The lowest BCUT2D eigenvalue weighted by atomic mass is 9.99. The van der Waals surface area contributed by atoms with Gasteiger partial charge in [-0.25, -0.2) is 9.97 Å². The number of ether oxygens (including phenoxy) is 1. The van der Waals surface area contributed by atoms with Crippen LogP contribution >= 0.6 is 23.2 Å². The van der Waals surface area contributed by atoms with Crippen LogP contribution in [0.4, 0.5) is 11.5 Å². The van der Waals surface area contributed by atoms with Crippen molar-refractivity contribution >= 4 is 57.2 Å². The van der Waals surface area contributed by atoms with E-state index in [1.807, 2.05) is 71.9 Å². The summed E-state index contributed by atoms with van der Waals surface area (Å²) in [7, 11) is 0. The van der Waals surface area contributed by atoms with E-state index < -0.39 is 0 Å². The fourth-order valence-electron chi connectivity index (χ4n) is 7.34. The molecule has 52 heavy (non-hydrogen) atoms. The molecular formula is C41H39Cl2N7O2. The smallest absolute Gasteiger partial charge is 0.251 e. The molecule has 2 fully saturated rings. The Labute approximate surface area is 312 Å². The molecule has 6 aromatic rings. The molecule has 264 valence electrons. The van der Waals surface area contributed by atoms with Crippen molar-refractivity contribution in [3.63, 3.8) is 0 Å². The highest BCUT2D eigenvalue weighted by Gasteiger charge is 2.31. The van der Waals surface area contributed by atoms with Crippen LogP contribution < -0.4 is 10.2 Å². The van der Waals surface area contributed by atoms with Gasteiger partial charge in [0.25, 0.3) is 5.91 Å². The summed E-state index contributed by atoms with van der Waals surface area (Å²) < 4.78 is 7.89. The minimum Gasteiger partial charge on any atom is -0.368 e. The average molecular weight is 733 g/mol. The predicted octanol–water partition coefficient (Wildman–Crippen LogP) is 8.92. The van der Waals surface area contributed by atoms with Crippen LogP contribution in [0.5, 0.6) is 0 Å². The first kappa shape index (κ1) is 34.0. The third-order valence-corrected chi connectivity index (χ3v) is 10.6. The third-order valence-electron chi connectivity index (χ3n) is 10.1. The summed E-state index contributed by atoms with van der Waals surface area (Å²) in [5.74, 6) is 0.899. The number of hydrogen-bond acceptors (Lipinski definition) is 6. The number of rotatable bonds is 9. The number of fused-ring (bicyclic) bond motifs is 1. The molecule has 0 bridgehead atoms. The average Bonchev–Trinajstić information content (AvgIpc) is 3.94. The number of aromatic nitrogens is 4. The molecule has 0 radical (unpaired) electrons. The molecule has 9 nitrogen and oxygen atoms in total. The van der Waals surface area contributed by atoms with Crippen LogP contribution in [0.2, 0.25) is 10.0 Å². The standard InChI is InChI=1S/C41H39Cl2N7O2/c1-26(46-33-10-6-18-44-40(33)48-19-21-49(22-20-48)41(51)35-11-7-23-52-35)37-36(32-17-16-31(43)24-34(32)47-37)39-38(29-8-4-3-5-9-29)45-25-50(39)27(2)28-12-14-30(42)15-13-28/h3-6,8-10,12-18,24-25,27,35,46-47H,1,7,11,19-23H2,2H3/t27-,35?/m0/s1. The highest BCUT2D eigenvalue weighted by Crippen LogP contribution is 2.43. The van der Waals surface area contributed by atoms with Crippen molar-refractivity contribution in [1.29, 1.82) is 0 Å². The van der Waals surface area contributed by atoms with Crippen LogP contribution in [0, 0.1) is 0 Å². The van der Waals surface area contributed by atoms with E-state index in [9.17, 15) is 4.79 Å². The number of H-pyrrole nitrogens is 1. The van der Waals surface area contributed by atoms with Crippen LogP contribution in [-0.4, -0.2) is 69.2 Å².